The Balaban J connectivity index is 2.99. The number of nitrogens with zero attached hydrogens (tertiary/aromatic N) is 3. The van der Waals surface area contributed by atoms with Crippen molar-refractivity contribution in [2.75, 3.05) is 30.9 Å². The Bertz CT molecular complexity index is 361. The van der Waals surface area contributed by atoms with Gasteiger partial charge in [-0.3, -0.25) is 0 Å². The molecule has 0 saturated heterocycles. The lowest BCUT2D eigenvalue weighted by Gasteiger charge is -2.30. The molecule has 2 N–H and O–H groups in total. The number of anilines is 2. The molecule has 0 aromatic carbocycles. The summed E-state index contributed by atoms with van der Waals surface area (Å²) in [4.78, 5) is 10.4. The highest BCUT2D eigenvalue weighted by Crippen LogP contribution is 2.29. The van der Waals surface area contributed by atoms with Gasteiger partial charge in [0.2, 0.25) is 0 Å². The van der Waals surface area contributed by atoms with Gasteiger partial charge in [-0.2, -0.15) is 0 Å². The fraction of sp³-hybridized carbons (Fsp3) is 0.636. The molecule has 96 valence electrons. The van der Waals surface area contributed by atoms with Gasteiger partial charge in [0.25, 0.3) is 0 Å². The molecule has 5 nitrogen and oxygen atoms in total. The molecule has 1 atom stereocenters. The molecule has 0 bridgehead atoms. The third-order valence-electron chi connectivity index (χ3n) is 2.73. The number of nitrogen functional groups attached to an aromatic ring is 1. The van der Waals surface area contributed by atoms with Gasteiger partial charge in [-0.25, -0.2) is 9.97 Å². The normalized spacial score (nSPS) is 12.5. The first-order chi connectivity index (χ1) is 8.11. The number of hydrogen-bond donors (Lipinski definition) is 1. The number of hydrogen-bond acceptors (Lipinski definition) is 5. The van der Waals surface area contributed by atoms with E-state index >= 15 is 0 Å². The van der Waals surface area contributed by atoms with Crippen molar-refractivity contribution in [3.05, 3.63) is 10.8 Å². The van der Waals surface area contributed by atoms with E-state index in [9.17, 15) is 0 Å². The van der Waals surface area contributed by atoms with Crippen LogP contribution in [-0.2, 0) is 4.74 Å². The Morgan fingerprint density at radius 2 is 2.24 bits per heavy atom. The van der Waals surface area contributed by atoms with E-state index in [4.69, 9.17) is 10.5 Å². The highest BCUT2D eigenvalue weighted by molar-refractivity contribution is 9.10. The summed E-state index contributed by atoms with van der Waals surface area (Å²) in [5.74, 6) is 1.28. The fourth-order valence-electron chi connectivity index (χ4n) is 1.52. The molecule has 1 aromatic rings. The first-order valence-corrected chi connectivity index (χ1v) is 6.42. The molecule has 0 amide bonds. The molecule has 0 fully saturated rings. The van der Waals surface area contributed by atoms with Crippen LogP contribution in [0.25, 0.3) is 0 Å². The molecule has 1 rings (SSSR count). The molecule has 0 radical (unpaired) electrons. The third-order valence-corrected chi connectivity index (χ3v) is 3.49. The van der Waals surface area contributed by atoms with Crippen LogP contribution in [0.5, 0.6) is 0 Å². The predicted molar refractivity (Wildman–Crippen MR) is 73.1 cm³/mol. The predicted octanol–water partition coefficient (Wildman–Crippen LogP) is 2.07. The Kier molecular flexibility index (Phi) is 5.64. The Hall–Kier alpha value is -0.880. The number of methoxy groups -OCH3 is 1. The summed E-state index contributed by atoms with van der Waals surface area (Å²) >= 11 is 3.44. The largest absolute Gasteiger partial charge is 0.383 e. The molecule has 0 spiro atoms. The van der Waals surface area contributed by atoms with E-state index in [0.717, 1.165) is 23.3 Å². The smallest absolute Gasteiger partial charge is 0.148 e. The third kappa shape index (κ3) is 3.54. The lowest BCUT2D eigenvalue weighted by Crippen LogP contribution is -2.36. The van der Waals surface area contributed by atoms with Crippen LogP contribution in [0.3, 0.4) is 0 Å². The van der Waals surface area contributed by atoms with E-state index in [1.165, 1.54) is 6.33 Å². The van der Waals surface area contributed by atoms with Crippen LogP contribution in [0.15, 0.2) is 10.8 Å². The summed E-state index contributed by atoms with van der Waals surface area (Å²) in [6.45, 7) is 5.73. The van der Waals surface area contributed by atoms with Gasteiger partial charge in [0.1, 0.15) is 22.4 Å². The van der Waals surface area contributed by atoms with Crippen LogP contribution in [0, 0.1) is 0 Å². The van der Waals surface area contributed by atoms with E-state index in [1.807, 2.05) is 0 Å². The SMILES string of the molecule is CCC(C)N(CCOC)c1ncnc(N)c1Br. The molecule has 0 aliphatic heterocycles. The fourth-order valence-corrected chi connectivity index (χ4v) is 1.95. The lowest BCUT2D eigenvalue weighted by molar-refractivity contribution is 0.203. The van der Waals surface area contributed by atoms with Crippen LogP contribution in [0.2, 0.25) is 0 Å². The molecule has 0 saturated carbocycles. The molecule has 1 heterocycles. The monoisotopic (exact) mass is 302 g/mol. The number of halogens is 1. The van der Waals surface area contributed by atoms with Crippen LogP contribution in [-0.4, -0.2) is 36.3 Å². The van der Waals surface area contributed by atoms with Crippen molar-refractivity contribution in [1.29, 1.82) is 0 Å². The van der Waals surface area contributed by atoms with Crippen LogP contribution in [0.1, 0.15) is 20.3 Å². The number of nitrogens with two attached hydrogens (primary N) is 1. The second kappa shape index (κ2) is 6.76. The first kappa shape index (κ1) is 14.2. The van der Waals surface area contributed by atoms with Crippen LogP contribution < -0.4 is 10.6 Å². The highest BCUT2D eigenvalue weighted by Gasteiger charge is 2.18. The van der Waals surface area contributed by atoms with E-state index in [-0.39, 0.29) is 0 Å². The van der Waals surface area contributed by atoms with Crippen molar-refractivity contribution in [3.8, 4) is 0 Å². The zero-order valence-corrected chi connectivity index (χ0v) is 12.1. The van der Waals surface area contributed by atoms with Crippen molar-refractivity contribution in [2.45, 2.75) is 26.3 Å². The van der Waals surface area contributed by atoms with E-state index in [2.05, 4.69) is 44.6 Å². The maximum atomic E-state index is 5.77. The number of rotatable bonds is 6. The molecular weight excluding hydrogens is 284 g/mol. The summed E-state index contributed by atoms with van der Waals surface area (Å²) < 4.78 is 5.87. The summed E-state index contributed by atoms with van der Waals surface area (Å²) in [5.41, 5.74) is 5.77. The molecule has 1 aromatic heterocycles. The van der Waals surface area contributed by atoms with Crippen molar-refractivity contribution in [3.63, 3.8) is 0 Å². The topological polar surface area (TPSA) is 64.3 Å². The van der Waals surface area contributed by atoms with Crippen LogP contribution in [0.4, 0.5) is 11.6 Å². The average Bonchev–Trinajstić information content (AvgIpc) is 2.34. The Morgan fingerprint density at radius 1 is 1.53 bits per heavy atom. The summed E-state index contributed by atoms with van der Waals surface area (Å²) in [7, 11) is 1.69. The first-order valence-electron chi connectivity index (χ1n) is 5.63. The molecule has 0 aliphatic rings. The van der Waals surface area contributed by atoms with Gasteiger partial charge in [-0.1, -0.05) is 6.92 Å². The van der Waals surface area contributed by atoms with Gasteiger partial charge >= 0.3 is 0 Å². The van der Waals surface area contributed by atoms with Crippen molar-refractivity contribution < 1.29 is 4.74 Å². The van der Waals surface area contributed by atoms with E-state index in [1.54, 1.807) is 7.11 Å². The molecule has 6 heteroatoms. The van der Waals surface area contributed by atoms with Gasteiger partial charge in [-0.05, 0) is 29.3 Å². The average molecular weight is 303 g/mol. The minimum atomic E-state index is 0.371. The van der Waals surface area contributed by atoms with E-state index in [0.29, 0.717) is 18.5 Å². The molecule has 0 aliphatic carbocycles. The lowest BCUT2D eigenvalue weighted by atomic mass is 10.2. The van der Waals surface area contributed by atoms with Gasteiger partial charge in [0, 0.05) is 19.7 Å². The molecule has 17 heavy (non-hydrogen) atoms. The summed E-state index contributed by atoms with van der Waals surface area (Å²) in [5, 5.41) is 0. The Labute approximate surface area is 111 Å². The van der Waals surface area contributed by atoms with Gasteiger partial charge in [0.05, 0.1) is 6.61 Å². The maximum absolute atomic E-state index is 5.77. The van der Waals surface area contributed by atoms with Gasteiger partial charge < -0.3 is 15.4 Å². The molecule has 1 unspecified atom stereocenters. The van der Waals surface area contributed by atoms with E-state index < -0.39 is 0 Å². The maximum Gasteiger partial charge on any atom is 0.148 e. The van der Waals surface area contributed by atoms with Gasteiger partial charge in [-0.15, -0.1) is 0 Å². The van der Waals surface area contributed by atoms with Crippen molar-refractivity contribution in [1.82, 2.24) is 9.97 Å². The minimum absolute atomic E-state index is 0.371. The minimum Gasteiger partial charge on any atom is -0.383 e. The quantitative estimate of drug-likeness (QED) is 0.871. The zero-order valence-electron chi connectivity index (χ0n) is 10.5. The summed E-state index contributed by atoms with van der Waals surface area (Å²) in [6, 6.07) is 0.371. The second-order valence-corrected chi connectivity index (χ2v) is 4.63. The zero-order chi connectivity index (χ0) is 12.8. The number of ether oxygens (including phenoxy) is 1. The summed E-state index contributed by atoms with van der Waals surface area (Å²) in [6.07, 6.45) is 2.51. The van der Waals surface area contributed by atoms with Gasteiger partial charge in [0.15, 0.2) is 0 Å². The standard InChI is InChI=1S/C11H19BrN4O/c1-4-8(2)16(5-6-17-3)11-9(12)10(13)14-7-15-11/h7-8H,4-6H2,1-3H3,(H2,13,14,15). The number of aromatic nitrogens is 2. The van der Waals surface area contributed by atoms with Crippen LogP contribution >= 0.6 is 15.9 Å². The highest BCUT2D eigenvalue weighted by atomic mass is 79.9. The van der Waals surface area contributed by atoms with Crippen molar-refractivity contribution >= 4 is 27.6 Å². The Morgan fingerprint density at radius 3 is 2.82 bits per heavy atom. The van der Waals surface area contributed by atoms with Crippen molar-refractivity contribution in [2.24, 2.45) is 0 Å². The molecular formula is C11H19BrN4O. The second-order valence-electron chi connectivity index (χ2n) is 3.84.